The summed E-state index contributed by atoms with van der Waals surface area (Å²) in [4.78, 5) is 28.1. The summed E-state index contributed by atoms with van der Waals surface area (Å²) in [6, 6.07) is 22.5. The van der Waals surface area contributed by atoms with Crippen molar-refractivity contribution in [3.05, 3.63) is 106 Å². The number of hydrogen-bond acceptors (Lipinski definition) is 3. The summed E-state index contributed by atoms with van der Waals surface area (Å²) in [6.07, 6.45) is 0.387. The monoisotopic (exact) mass is 498 g/mol. The zero-order valence-corrected chi connectivity index (χ0v) is 20.6. The molecule has 34 heavy (non-hydrogen) atoms. The highest BCUT2D eigenvalue weighted by Gasteiger charge is 2.30. The molecule has 0 spiro atoms. The molecular formula is C27H28ClFN2O2S. The van der Waals surface area contributed by atoms with Crippen molar-refractivity contribution < 1.29 is 14.0 Å². The predicted octanol–water partition coefficient (Wildman–Crippen LogP) is 5.49. The van der Waals surface area contributed by atoms with Gasteiger partial charge in [-0.25, -0.2) is 4.39 Å². The molecule has 3 aromatic carbocycles. The molecule has 0 fully saturated rings. The maximum absolute atomic E-state index is 13.5. The van der Waals surface area contributed by atoms with Gasteiger partial charge in [-0.05, 0) is 47.9 Å². The van der Waals surface area contributed by atoms with Gasteiger partial charge in [0.05, 0.1) is 5.75 Å². The van der Waals surface area contributed by atoms with Gasteiger partial charge in [0.25, 0.3) is 0 Å². The van der Waals surface area contributed by atoms with Gasteiger partial charge in [0, 0.05) is 30.3 Å². The highest BCUT2D eigenvalue weighted by molar-refractivity contribution is 7.99. The normalized spacial score (nSPS) is 11.6. The van der Waals surface area contributed by atoms with E-state index in [0.29, 0.717) is 23.7 Å². The number of amides is 2. The minimum absolute atomic E-state index is 0.150. The van der Waals surface area contributed by atoms with Gasteiger partial charge in [-0.1, -0.05) is 66.2 Å². The van der Waals surface area contributed by atoms with E-state index in [-0.39, 0.29) is 29.9 Å². The van der Waals surface area contributed by atoms with Crippen molar-refractivity contribution in [1.82, 2.24) is 10.2 Å². The molecule has 7 heteroatoms. The first-order chi connectivity index (χ1) is 16.5. The van der Waals surface area contributed by atoms with Gasteiger partial charge in [-0.3, -0.25) is 9.59 Å². The maximum Gasteiger partial charge on any atom is 0.243 e. The van der Waals surface area contributed by atoms with Crippen LogP contribution in [0.4, 0.5) is 4.39 Å². The van der Waals surface area contributed by atoms with Crippen molar-refractivity contribution in [3.8, 4) is 0 Å². The number of carbonyl (C=O) groups is 2. The fourth-order valence-electron chi connectivity index (χ4n) is 3.60. The Balaban J connectivity index is 1.81. The fourth-order valence-corrected chi connectivity index (χ4v) is 4.67. The minimum atomic E-state index is -0.688. The minimum Gasteiger partial charge on any atom is -0.355 e. The second-order valence-electron chi connectivity index (χ2n) is 7.87. The van der Waals surface area contributed by atoms with E-state index in [0.717, 1.165) is 16.7 Å². The molecule has 1 atom stereocenters. The van der Waals surface area contributed by atoms with Crippen LogP contribution in [0, 0.1) is 5.82 Å². The van der Waals surface area contributed by atoms with Crippen LogP contribution in [0.3, 0.4) is 0 Å². The number of nitrogens with zero attached hydrogens (tertiary/aromatic N) is 1. The van der Waals surface area contributed by atoms with Crippen LogP contribution in [-0.2, 0) is 28.3 Å². The van der Waals surface area contributed by atoms with Crippen molar-refractivity contribution in [1.29, 1.82) is 0 Å². The Bertz CT molecular complexity index is 1080. The van der Waals surface area contributed by atoms with Gasteiger partial charge in [-0.15, -0.1) is 11.8 Å². The first-order valence-corrected chi connectivity index (χ1v) is 12.7. The molecule has 1 N–H and O–H groups in total. The SMILES string of the molecule is CCNC(=O)C(Cc1ccccc1)N(Cc1ccc(F)cc1)C(=O)CSCc1cccc(Cl)c1. The molecule has 3 rings (SSSR count). The summed E-state index contributed by atoms with van der Waals surface area (Å²) >= 11 is 7.54. The van der Waals surface area contributed by atoms with Crippen molar-refractivity contribution >= 4 is 35.2 Å². The Kier molecular flexibility index (Phi) is 9.98. The quantitative estimate of drug-likeness (QED) is 0.380. The number of likely N-dealkylation sites (N-methyl/N-ethyl adjacent to an activating group) is 1. The lowest BCUT2D eigenvalue weighted by atomic mass is 10.0. The first-order valence-electron chi connectivity index (χ1n) is 11.1. The average Bonchev–Trinajstić information content (AvgIpc) is 2.83. The summed E-state index contributed by atoms with van der Waals surface area (Å²) in [5.41, 5.74) is 2.75. The first kappa shape index (κ1) is 25.8. The van der Waals surface area contributed by atoms with Crippen molar-refractivity contribution in [2.45, 2.75) is 31.7 Å². The van der Waals surface area contributed by atoms with E-state index in [1.165, 1.54) is 23.9 Å². The zero-order chi connectivity index (χ0) is 24.3. The molecule has 0 saturated carbocycles. The van der Waals surface area contributed by atoms with E-state index < -0.39 is 6.04 Å². The van der Waals surface area contributed by atoms with Crippen molar-refractivity contribution in [3.63, 3.8) is 0 Å². The van der Waals surface area contributed by atoms with E-state index >= 15 is 0 Å². The molecule has 178 valence electrons. The van der Waals surface area contributed by atoms with Crippen LogP contribution < -0.4 is 5.32 Å². The highest BCUT2D eigenvalue weighted by Crippen LogP contribution is 2.20. The van der Waals surface area contributed by atoms with Crippen LogP contribution in [0.1, 0.15) is 23.6 Å². The summed E-state index contributed by atoms with van der Waals surface area (Å²) in [5, 5.41) is 3.52. The van der Waals surface area contributed by atoms with Crippen molar-refractivity contribution in [2.24, 2.45) is 0 Å². The molecule has 0 heterocycles. The highest BCUT2D eigenvalue weighted by atomic mass is 35.5. The standard InChI is InChI=1S/C27H28ClFN2O2S/c1-2-30-27(33)25(16-20-7-4-3-5-8-20)31(17-21-11-13-24(29)14-12-21)26(32)19-34-18-22-9-6-10-23(28)15-22/h3-15,25H,2,16-19H2,1H3,(H,30,33). The number of rotatable bonds is 11. The van der Waals surface area contributed by atoms with E-state index in [2.05, 4.69) is 5.32 Å². The van der Waals surface area contributed by atoms with Crippen LogP contribution in [0.2, 0.25) is 5.02 Å². The molecule has 0 radical (unpaired) electrons. The number of hydrogen-bond donors (Lipinski definition) is 1. The summed E-state index contributed by atoms with van der Waals surface area (Å²) in [5.74, 6) is 0.132. The van der Waals surface area contributed by atoms with Gasteiger partial charge in [0.2, 0.25) is 11.8 Å². The Morgan fingerprint density at radius 2 is 1.68 bits per heavy atom. The van der Waals surface area contributed by atoms with Crippen LogP contribution >= 0.6 is 23.4 Å². The lowest BCUT2D eigenvalue weighted by Gasteiger charge is -2.31. The van der Waals surface area contributed by atoms with Gasteiger partial charge in [0.1, 0.15) is 11.9 Å². The molecule has 3 aromatic rings. The molecule has 0 aliphatic heterocycles. The van der Waals surface area contributed by atoms with Crippen LogP contribution in [0.15, 0.2) is 78.9 Å². The number of benzene rings is 3. The zero-order valence-electron chi connectivity index (χ0n) is 19.0. The summed E-state index contributed by atoms with van der Waals surface area (Å²) in [6.45, 7) is 2.53. The summed E-state index contributed by atoms with van der Waals surface area (Å²) < 4.78 is 13.5. The topological polar surface area (TPSA) is 49.4 Å². The molecule has 0 aliphatic carbocycles. The van der Waals surface area contributed by atoms with E-state index in [1.807, 2.05) is 61.5 Å². The van der Waals surface area contributed by atoms with Crippen molar-refractivity contribution in [2.75, 3.05) is 12.3 Å². The molecule has 1 unspecified atom stereocenters. The van der Waals surface area contributed by atoms with E-state index in [9.17, 15) is 14.0 Å². The van der Waals surface area contributed by atoms with Gasteiger partial charge in [0.15, 0.2) is 0 Å². The molecule has 2 amide bonds. The molecule has 4 nitrogen and oxygen atoms in total. The smallest absolute Gasteiger partial charge is 0.243 e. The third-order valence-corrected chi connectivity index (χ3v) is 6.50. The lowest BCUT2D eigenvalue weighted by Crippen LogP contribution is -2.51. The maximum atomic E-state index is 13.5. The van der Waals surface area contributed by atoms with Gasteiger partial charge >= 0.3 is 0 Å². The van der Waals surface area contributed by atoms with E-state index in [1.54, 1.807) is 17.0 Å². The Hall–Kier alpha value is -2.83. The lowest BCUT2D eigenvalue weighted by molar-refractivity contribution is -0.139. The molecule has 0 bridgehead atoms. The summed E-state index contributed by atoms with van der Waals surface area (Å²) in [7, 11) is 0. The third kappa shape index (κ3) is 7.89. The number of thioether (sulfide) groups is 1. The van der Waals surface area contributed by atoms with Crippen LogP contribution in [-0.4, -0.2) is 35.1 Å². The average molecular weight is 499 g/mol. The number of nitrogens with one attached hydrogen (secondary N) is 1. The third-order valence-electron chi connectivity index (χ3n) is 5.27. The molecule has 0 aliphatic rings. The molecule has 0 aromatic heterocycles. The number of carbonyl (C=O) groups excluding carboxylic acids is 2. The van der Waals surface area contributed by atoms with E-state index in [4.69, 9.17) is 11.6 Å². The van der Waals surface area contributed by atoms with Crippen LogP contribution in [0.25, 0.3) is 0 Å². The largest absolute Gasteiger partial charge is 0.355 e. The molecular weight excluding hydrogens is 471 g/mol. The van der Waals surface area contributed by atoms with Gasteiger partial charge in [-0.2, -0.15) is 0 Å². The Morgan fingerprint density at radius 1 is 0.971 bits per heavy atom. The fraction of sp³-hybridized carbons (Fsp3) is 0.259. The van der Waals surface area contributed by atoms with Gasteiger partial charge < -0.3 is 10.2 Å². The van der Waals surface area contributed by atoms with Crippen LogP contribution in [0.5, 0.6) is 0 Å². The second-order valence-corrected chi connectivity index (χ2v) is 9.29. The predicted molar refractivity (Wildman–Crippen MR) is 137 cm³/mol. The second kappa shape index (κ2) is 13.2. The molecule has 0 saturated heterocycles. The Labute approximate surface area is 209 Å². The number of halogens is 2. The Morgan fingerprint density at radius 3 is 2.35 bits per heavy atom.